The van der Waals surface area contributed by atoms with Gasteiger partial charge in [-0.1, -0.05) is 0 Å². The van der Waals surface area contributed by atoms with Gasteiger partial charge in [0.25, 0.3) is 11.8 Å². The van der Waals surface area contributed by atoms with Crippen LogP contribution in [0.25, 0.3) is 6.08 Å². The molecule has 0 fully saturated rings. The Labute approximate surface area is 137 Å². The standard InChI is InChI=1S/C16H16N2O6/c19-14(20)6-1-7-17-15(21)12(10-11-4-2-8-23-11)18-16(22)13-5-3-9-24-13/h2-5,8-10H,1,6-7H2,(H,17,21)(H,18,22)(H,19,20). The molecule has 0 unspecified atom stereocenters. The number of carboxylic acid groups (broad SMARTS) is 1. The molecule has 8 nitrogen and oxygen atoms in total. The molecule has 2 amide bonds. The van der Waals surface area contributed by atoms with E-state index in [9.17, 15) is 14.4 Å². The lowest BCUT2D eigenvalue weighted by molar-refractivity contribution is -0.137. The van der Waals surface area contributed by atoms with Crippen molar-refractivity contribution in [2.24, 2.45) is 0 Å². The third kappa shape index (κ3) is 5.16. The van der Waals surface area contributed by atoms with Crippen molar-refractivity contribution in [2.45, 2.75) is 12.8 Å². The van der Waals surface area contributed by atoms with E-state index in [1.165, 1.54) is 24.7 Å². The predicted octanol–water partition coefficient (Wildman–Crippen LogP) is 1.62. The molecule has 2 heterocycles. The summed E-state index contributed by atoms with van der Waals surface area (Å²) in [7, 11) is 0. The summed E-state index contributed by atoms with van der Waals surface area (Å²) in [6.45, 7) is 0.164. The normalized spacial score (nSPS) is 11.1. The highest BCUT2D eigenvalue weighted by molar-refractivity contribution is 6.04. The van der Waals surface area contributed by atoms with E-state index < -0.39 is 17.8 Å². The molecule has 8 heteroatoms. The average Bonchev–Trinajstić information content (AvgIpc) is 3.23. The second-order valence-corrected chi connectivity index (χ2v) is 4.76. The van der Waals surface area contributed by atoms with Crippen molar-refractivity contribution < 1.29 is 28.3 Å². The summed E-state index contributed by atoms with van der Waals surface area (Å²) in [5, 5.41) is 13.6. The number of carbonyl (C=O) groups is 3. The van der Waals surface area contributed by atoms with Gasteiger partial charge in [-0.05, 0) is 30.7 Å². The Bertz CT molecular complexity index is 716. The van der Waals surface area contributed by atoms with Crippen LogP contribution in [0.4, 0.5) is 0 Å². The molecule has 0 atom stereocenters. The molecule has 126 valence electrons. The molecule has 2 aromatic heterocycles. The quantitative estimate of drug-likeness (QED) is 0.499. The number of aliphatic carboxylic acids is 1. The molecule has 0 aromatic carbocycles. The number of hydrogen-bond acceptors (Lipinski definition) is 5. The summed E-state index contributed by atoms with van der Waals surface area (Å²) in [4.78, 5) is 34.7. The summed E-state index contributed by atoms with van der Waals surface area (Å²) in [6.07, 6.45) is 4.37. The van der Waals surface area contributed by atoms with Gasteiger partial charge in [-0.3, -0.25) is 14.4 Å². The summed E-state index contributed by atoms with van der Waals surface area (Å²) in [5.74, 6) is -1.65. The molecule has 0 bridgehead atoms. The van der Waals surface area contributed by atoms with Crippen molar-refractivity contribution in [3.63, 3.8) is 0 Å². The average molecular weight is 332 g/mol. The Morgan fingerprint density at radius 3 is 2.50 bits per heavy atom. The second kappa shape index (κ2) is 8.37. The van der Waals surface area contributed by atoms with Crippen molar-refractivity contribution in [2.75, 3.05) is 6.54 Å². The minimum absolute atomic E-state index is 0.0401. The maximum absolute atomic E-state index is 12.2. The Morgan fingerprint density at radius 2 is 1.88 bits per heavy atom. The molecule has 0 spiro atoms. The van der Waals surface area contributed by atoms with E-state index in [1.807, 2.05) is 0 Å². The van der Waals surface area contributed by atoms with Crippen LogP contribution in [0.1, 0.15) is 29.2 Å². The number of furan rings is 2. The molecule has 0 saturated heterocycles. The van der Waals surface area contributed by atoms with Crippen LogP contribution in [0.2, 0.25) is 0 Å². The fourth-order valence-corrected chi connectivity index (χ4v) is 1.80. The van der Waals surface area contributed by atoms with Crippen LogP contribution >= 0.6 is 0 Å². The first-order chi connectivity index (χ1) is 11.6. The summed E-state index contributed by atoms with van der Waals surface area (Å²) in [6, 6.07) is 6.28. The first-order valence-corrected chi connectivity index (χ1v) is 7.16. The highest BCUT2D eigenvalue weighted by Crippen LogP contribution is 2.08. The van der Waals surface area contributed by atoms with Gasteiger partial charge >= 0.3 is 5.97 Å². The first-order valence-electron chi connectivity index (χ1n) is 7.16. The Morgan fingerprint density at radius 1 is 1.12 bits per heavy atom. The van der Waals surface area contributed by atoms with Crippen LogP contribution in [-0.4, -0.2) is 29.4 Å². The van der Waals surface area contributed by atoms with Gasteiger partial charge in [-0.25, -0.2) is 0 Å². The zero-order chi connectivity index (χ0) is 17.4. The lowest BCUT2D eigenvalue weighted by Gasteiger charge is -2.09. The van der Waals surface area contributed by atoms with E-state index in [-0.39, 0.29) is 30.8 Å². The van der Waals surface area contributed by atoms with Crippen LogP contribution in [-0.2, 0) is 9.59 Å². The molecule has 0 saturated carbocycles. The number of nitrogens with one attached hydrogen (secondary N) is 2. The van der Waals surface area contributed by atoms with Crippen molar-refractivity contribution in [3.05, 3.63) is 54.0 Å². The van der Waals surface area contributed by atoms with Crippen LogP contribution < -0.4 is 10.6 Å². The van der Waals surface area contributed by atoms with E-state index in [2.05, 4.69) is 10.6 Å². The maximum atomic E-state index is 12.2. The molecule has 0 radical (unpaired) electrons. The van der Waals surface area contributed by atoms with Crippen molar-refractivity contribution in [3.8, 4) is 0 Å². The summed E-state index contributed by atoms with van der Waals surface area (Å²) in [5.41, 5.74) is -0.0401. The molecule has 24 heavy (non-hydrogen) atoms. The number of rotatable bonds is 8. The molecule has 0 aliphatic carbocycles. The van der Waals surface area contributed by atoms with Gasteiger partial charge in [0.05, 0.1) is 12.5 Å². The Hall–Kier alpha value is -3.29. The maximum Gasteiger partial charge on any atom is 0.303 e. The highest BCUT2D eigenvalue weighted by atomic mass is 16.4. The van der Waals surface area contributed by atoms with Gasteiger partial charge in [0.15, 0.2) is 5.76 Å². The van der Waals surface area contributed by atoms with E-state index >= 15 is 0 Å². The third-order valence-electron chi connectivity index (χ3n) is 2.92. The molecule has 3 N–H and O–H groups in total. The molecular formula is C16H16N2O6. The number of carboxylic acids is 1. The molecule has 0 aliphatic heterocycles. The monoisotopic (exact) mass is 332 g/mol. The molecule has 0 aliphatic rings. The number of amides is 2. The van der Waals surface area contributed by atoms with Crippen LogP contribution in [0, 0.1) is 0 Å². The van der Waals surface area contributed by atoms with E-state index in [1.54, 1.807) is 18.2 Å². The van der Waals surface area contributed by atoms with Gasteiger partial charge in [0, 0.05) is 19.0 Å². The van der Waals surface area contributed by atoms with Crippen LogP contribution in [0.15, 0.2) is 51.3 Å². The summed E-state index contributed by atoms with van der Waals surface area (Å²) >= 11 is 0. The lowest BCUT2D eigenvalue weighted by Crippen LogP contribution is -2.35. The van der Waals surface area contributed by atoms with Gasteiger partial charge in [0.2, 0.25) is 0 Å². The van der Waals surface area contributed by atoms with Gasteiger partial charge < -0.3 is 24.6 Å². The van der Waals surface area contributed by atoms with E-state index in [4.69, 9.17) is 13.9 Å². The van der Waals surface area contributed by atoms with Crippen molar-refractivity contribution in [1.29, 1.82) is 0 Å². The fourth-order valence-electron chi connectivity index (χ4n) is 1.80. The van der Waals surface area contributed by atoms with Crippen molar-refractivity contribution >= 4 is 23.9 Å². The second-order valence-electron chi connectivity index (χ2n) is 4.76. The largest absolute Gasteiger partial charge is 0.481 e. The Balaban J connectivity index is 2.04. The molecule has 2 rings (SSSR count). The first kappa shape index (κ1) is 17.1. The highest BCUT2D eigenvalue weighted by Gasteiger charge is 2.16. The zero-order valence-corrected chi connectivity index (χ0v) is 12.7. The van der Waals surface area contributed by atoms with Crippen LogP contribution in [0.3, 0.4) is 0 Å². The van der Waals surface area contributed by atoms with Crippen LogP contribution in [0.5, 0.6) is 0 Å². The smallest absolute Gasteiger partial charge is 0.303 e. The Kier molecular flexibility index (Phi) is 5.95. The van der Waals surface area contributed by atoms with E-state index in [0.717, 1.165) is 0 Å². The number of carbonyl (C=O) groups excluding carboxylic acids is 2. The minimum atomic E-state index is -0.943. The van der Waals surface area contributed by atoms with E-state index in [0.29, 0.717) is 5.76 Å². The number of hydrogen-bond donors (Lipinski definition) is 3. The summed E-state index contributed by atoms with van der Waals surface area (Å²) < 4.78 is 10.1. The molecule has 2 aromatic rings. The van der Waals surface area contributed by atoms with Gasteiger partial charge in [-0.2, -0.15) is 0 Å². The topological polar surface area (TPSA) is 122 Å². The lowest BCUT2D eigenvalue weighted by atomic mass is 10.2. The molecular weight excluding hydrogens is 316 g/mol. The SMILES string of the molecule is O=C(O)CCCNC(=O)C(=Cc1ccco1)NC(=O)c1ccco1. The van der Waals surface area contributed by atoms with Gasteiger partial charge in [0.1, 0.15) is 11.5 Å². The zero-order valence-electron chi connectivity index (χ0n) is 12.7. The predicted molar refractivity (Wildman–Crippen MR) is 82.7 cm³/mol. The fraction of sp³-hybridized carbons (Fsp3) is 0.188. The minimum Gasteiger partial charge on any atom is -0.481 e. The third-order valence-corrected chi connectivity index (χ3v) is 2.92. The van der Waals surface area contributed by atoms with Gasteiger partial charge in [-0.15, -0.1) is 0 Å². The van der Waals surface area contributed by atoms with Crippen molar-refractivity contribution in [1.82, 2.24) is 10.6 Å².